The summed E-state index contributed by atoms with van der Waals surface area (Å²) in [5.74, 6) is -6.70. The predicted molar refractivity (Wildman–Crippen MR) is 150 cm³/mol. The van der Waals surface area contributed by atoms with Crippen molar-refractivity contribution in [3.63, 3.8) is 0 Å². The van der Waals surface area contributed by atoms with E-state index in [2.05, 4.69) is 0 Å². The first-order valence-corrected chi connectivity index (χ1v) is 14.6. The summed E-state index contributed by atoms with van der Waals surface area (Å²) in [6.07, 6.45) is -15.4. The fourth-order valence-electron chi connectivity index (χ4n) is 4.94. The van der Waals surface area contributed by atoms with Crippen LogP contribution in [-0.4, -0.2) is 129 Å². The fraction of sp³-hybridized carbons (Fsp3) is 0.724. The molecule has 2 heterocycles. The summed E-state index contributed by atoms with van der Waals surface area (Å²) >= 11 is 0. The number of hydrogen-bond acceptors (Lipinski definition) is 19. The molecule has 0 radical (unpaired) electrons. The Balaban J connectivity index is 2.72. The Morgan fingerprint density at radius 2 is 0.667 bits per heavy atom. The fourth-order valence-corrected chi connectivity index (χ4v) is 4.94. The van der Waals surface area contributed by atoms with E-state index in [1.807, 2.05) is 0 Å². The van der Waals surface area contributed by atoms with Crippen molar-refractivity contribution in [1.82, 2.24) is 0 Å². The average Bonchev–Trinajstić information content (AvgIpc) is 2.94. The Labute approximate surface area is 274 Å². The Morgan fingerprint density at radius 1 is 0.375 bits per heavy atom. The first kappa shape index (κ1) is 39.8. The molecule has 19 nitrogen and oxygen atoms in total. The molecular formula is C29H40O19. The van der Waals surface area contributed by atoms with Gasteiger partial charge in [0.2, 0.25) is 0 Å². The molecule has 0 aliphatic carbocycles. The molecule has 270 valence electrons. The van der Waals surface area contributed by atoms with Crippen LogP contribution in [0.15, 0.2) is 0 Å². The third kappa shape index (κ3) is 12.3. The average molecular weight is 693 g/mol. The zero-order valence-corrected chi connectivity index (χ0v) is 27.7. The second-order valence-electron chi connectivity index (χ2n) is 10.6. The van der Waals surface area contributed by atoms with Gasteiger partial charge in [0, 0.05) is 55.4 Å². The number of rotatable bonds is 13. The van der Waals surface area contributed by atoms with E-state index in [0.29, 0.717) is 0 Å². The minimum atomic E-state index is -1.81. The molecule has 0 aromatic heterocycles. The normalized spacial score (nSPS) is 29.7. The summed E-state index contributed by atoms with van der Waals surface area (Å²) in [5.41, 5.74) is 0. The van der Waals surface area contributed by atoms with Crippen molar-refractivity contribution in [3.05, 3.63) is 0 Å². The highest BCUT2D eigenvalue weighted by atomic mass is 16.8. The quantitative estimate of drug-likeness (QED) is 0.170. The van der Waals surface area contributed by atoms with E-state index in [0.717, 1.165) is 55.4 Å². The summed E-state index contributed by atoms with van der Waals surface area (Å²) < 4.78 is 60.7. The van der Waals surface area contributed by atoms with Crippen LogP contribution in [0.25, 0.3) is 0 Å². The third-order valence-corrected chi connectivity index (χ3v) is 6.48. The third-order valence-electron chi connectivity index (χ3n) is 6.48. The van der Waals surface area contributed by atoms with Gasteiger partial charge >= 0.3 is 47.8 Å². The minimum absolute atomic E-state index is 0.507. The van der Waals surface area contributed by atoms with E-state index >= 15 is 0 Å². The largest absolute Gasteiger partial charge is 0.463 e. The molecule has 0 N–H and O–H groups in total. The van der Waals surface area contributed by atoms with E-state index in [-0.39, 0.29) is 0 Å². The lowest BCUT2D eigenvalue weighted by Crippen LogP contribution is -2.67. The van der Waals surface area contributed by atoms with Crippen LogP contribution in [0.5, 0.6) is 0 Å². The van der Waals surface area contributed by atoms with E-state index in [9.17, 15) is 38.4 Å². The minimum Gasteiger partial charge on any atom is -0.463 e. The van der Waals surface area contributed by atoms with Gasteiger partial charge in [-0.3, -0.25) is 38.4 Å². The van der Waals surface area contributed by atoms with Gasteiger partial charge in [-0.15, -0.1) is 0 Å². The molecule has 0 bridgehead atoms. The molecule has 48 heavy (non-hydrogen) atoms. The highest BCUT2D eigenvalue weighted by Crippen LogP contribution is 2.35. The van der Waals surface area contributed by atoms with Crippen molar-refractivity contribution >= 4 is 47.8 Å². The molecule has 0 amide bonds. The van der Waals surface area contributed by atoms with Crippen LogP contribution < -0.4 is 0 Å². The number of hydrogen-bond donors (Lipinski definition) is 0. The van der Waals surface area contributed by atoms with Crippen LogP contribution >= 0.6 is 0 Å². The predicted octanol–water partition coefficient (Wildman–Crippen LogP) is -0.788. The first-order chi connectivity index (χ1) is 22.4. The van der Waals surface area contributed by atoms with Crippen LogP contribution in [0.4, 0.5) is 0 Å². The Hall–Kier alpha value is -4.36. The lowest BCUT2D eigenvalue weighted by molar-refractivity contribution is -0.345. The summed E-state index contributed by atoms with van der Waals surface area (Å²) in [4.78, 5) is 96.3. The van der Waals surface area contributed by atoms with Crippen molar-refractivity contribution in [2.24, 2.45) is 0 Å². The van der Waals surface area contributed by atoms with Crippen LogP contribution in [-0.2, 0) is 90.5 Å². The summed E-state index contributed by atoms with van der Waals surface area (Å²) in [7, 11) is 0. The second kappa shape index (κ2) is 18.3. The molecule has 0 saturated carbocycles. The lowest BCUT2D eigenvalue weighted by Gasteiger charge is -2.48. The molecular weight excluding hydrogens is 652 g/mol. The molecule has 19 heteroatoms. The van der Waals surface area contributed by atoms with Crippen molar-refractivity contribution in [2.45, 2.75) is 117 Å². The zero-order valence-electron chi connectivity index (χ0n) is 27.7. The maximum atomic E-state index is 12.4. The van der Waals surface area contributed by atoms with Gasteiger partial charge in [-0.2, -0.15) is 0 Å². The molecule has 0 aromatic rings. The van der Waals surface area contributed by atoms with Crippen LogP contribution in [0.1, 0.15) is 55.4 Å². The molecule has 2 rings (SSSR count). The van der Waals surface area contributed by atoms with Gasteiger partial charge in [-0.1, -0.05) is 0 Å². The molecule has 10 atom stereocenters. The highest BCUT2D eigenvalue weighted by Gasteiger charge is 2.57. The van der Waals surface area contributed by atoms with Gasteiger partial charge in [0.05, 0.1) is 0 Å². The topological polar surface area (TPSA) is 238 Å². The van der Waals surface area contributed by atoms with Crippen molar-refractivity contribution in [3.8, 4) is 0 Å². The summed E-state index contributed by atoms with van der Waals surface area (Å²) in [5, 5.41) is 0. The van der Waals surface area contributed by atoms with E-state index in [4.69, 9.17) is 52.1 Å². The van der Waals surface area contributed by atoms with Gasteiger partial charge in [0.1, 0.15) is 44.2 Å². The van der Waals surface area contributed by atoms with Crippen LogP contribution in [0, 0.1) is 0 Å². The molecule has 2 aliphatic rings. The zero-order chi connectivity index (χ0) is 36.3. The second-order valence-corrected chi connectivity index (χ2v) is 10.6. The maximum Gasteiger partial charge on any atom is 0.303 e. The summed E-state index contributed by atoms with van der Waals surface area (Å²) in [6.45, 7) is 6.81. The molecule has 2 fully saturated rings. The number of ether oxygens (including phenoxy) is 11. The maximum absolute atomic E-state index is 12.4. The highest BCUT2D eigenvalue weighted by molar-refractivity contribution is 5.69. The van der Waals surface area contributed by atoms with Crippen molar-refractivity contribution in [2.75, 3.05) is 19.8 Å². The standard InChI is InChI=1S/C29H40O19/c1-12(30)38-9-20-23(41-15(4)33)26(43-17(6)35)25(21(46-20)10-39-13(2)31)48-29-28(45-19(8)37)27(44-18(7)36)24(42-16(5)34)22(47-29)11-40-14(3)32/h20-29H,9-11H2,1-8H3/t20?,21?,22?,23-,24+,25-,26?,27?,28+,29?/m1/s1. The number of carbonyl (C=O) groups is 8. The van der Waals surface area contributed by atoms with Gasteiger partial charge in [0.15, 0.2) is 36.8 Å². The smallest absolute Gasteiger partial charge is 0.303 e. The SMILES string of the molecule is CC(=O)OCC1OC(COC(C)=O)[C@@H](OC2OC(COC(C)=O)[C@H](OC(C)=O)C(OC(C)=O)[C@@H]2OC(C)=O)C(OC(C)=O)[C@@H]1OC(C)=O. The Morgan fingerprint density at radius 3 is 1.02 bits per heavy atom. The Bertz CT molecular complexity index is 1210. The molecule has 2 aliphatic heterocycles. The Kier molecular flexibility index (Phi) is 15.1. The van der Waals surface area contributed by atoms with E-state index < -0.39 is 129 Å². The van der Waals surface area contributed by atoms with Gasteiger partial charge in [-0.05, 0) is 0 Å². The summed E-state index contributed by atoms with van der Waals surface area (Å²) in [6, 6.07) is 0. The lowest BCUT2D eigenvalue weighted by atomic mass is 9.93. The monoisotopic (exact) mass is 692 g/mol. The number of carbonyl (C=O) groups excluding carboxylic acids is 8. The van der Waals surface area contributed by atoms with Gasteiger partial charge in [0.25, 0.3) is 0 Å². The molecule has 2 saturated heterocycles. The van der Waals surface area contributed by atoms with Crippen LogP contribution in [0.2, 0.25) is 0 Å². The first-order valence-electron chi connectivity index (χ1n) is 14.6. The molecule has 0 spiro atoms. The molecule has 6 unspecified atom stereocenters. The number of esters is 8. The van der Waals surface area contributed by atoms with Crippen molar-refractivity contribution < 1.29 is 90.5 Å². The van der Waals surface area contributed by atoms with E-state index in [1.165, 1.54) is 0 Å². The van der Waals surface area contributed by atoms with Crippen LogP contribution in [0.3, 0.4) is 0 Å². The van der Waals surface area contributed by atoms with Gasteiger partial charge < -0.3 is 52.1 Å². The van der Waals surface area contributed by atoms with E-state index in [1.54, 1.807) is 0 Å². The molecule has 0 aromatic carbocycles. The van der Waals surface area contributed by atoms with Crippen molar-refractivity contribution in [1.29, 1.82) is 0 Å². The van der Waals surface area contributed by atoms with Gasteiger partial charge in [-0.25, -0.2) is 0 Å².